The molecular weight excluding hydrogens is 253 g/mol. The van der Waals surface area contributed by atoms with Crippen LogP contribution in [0.1, 0.15) is 24.0 Å². The molecule has 0 saturated heterocycles. The van der Waals surface area contributed by atoms with E-state index in [2.05, 4.69) is 79.7 Å². The van der Waals surface area contributed by atoms with Crippen molar-refractivity contribution >= 4 is 7.85 Å². The average molecular weight is 275 g/mol. The van der Waals surface area contributed by atoms with Gasteiger partial charge in [0.1, 0.15) is 0 Å². The highest BCUT2D eigenvalue weighted by molar-refractivity contribution is 6.20. The van der Waals surface area contributed by atoms with E-state index in [0.717, 1.165) is 19.4 Å². The molecule has 2 aromatic rings. The van der Waals surface area contributed by atoms with E-state index in [1.165, 1.54) is 11.1 Å². The van der Waals surface area contributed by atoms with Crippen LogP contribution in [-0.4, -0.2) is 33.4 Å². The van der Waals surface area contributed by atoms with Gasteiger partial charge in [0, 0.05) is 0 Å². The van der Waals surface area contributed by atoms with E-state index >= 15 is 0 Å². The molecule has 2 atom stereocenters. The van der Waals surface area contributed by atoms with Crippen molar-refractivity contribution in [3.05, 3.63) is 71.8 Å². The molecule has 1 aliphatic carbocycles. The molecule has 0 heterocycles. The summed E-state index contributed by atoms with van der Waals surface area (Å²) < 4.78 is 0. The smallest absolute Gasteiger partial charge is 0.0823 e. The van der Waals surface area contributed by atoms with Crippen molar-refractivity contribution in [2.45, 2.75) is 23.6 Å². The number of benzene rings is 2. The third-order valence-electron chi connectivity index (χ3n) is 4.91. The van der Waals surface area contributed by atoms with Gasteiger partial charge >= 0.3 is 0 Å². The van der Waals surface area contributed by atoms with Crippen LogP contribution in [0.15, 0.2) is 60.7 Å². The van der Waals surface area contributed by atoms with Crippen LogP contribution in [0.25, 0.3) is 0 Å². The molecule has 1 saturated carbocycles. The number of rotatable bonds is 5. The van der Waals surface area contributed by atoms with Gasteiger partial charge in [0.2, 0.25) is 0 Å². The van der Waals surface area contributed by atoms with E-state index in [1.54, 1.807) is 0 Å². The highest BCUT2D eigenvalue weighted by Crippen LogP contribution is 2.65. The fourth-order valence-corrected chi connectivity index (χ4v) is 3.53. The lowest BCUT2D eigenvalue weighted by atomic mass is 9.67. The standard InChI is InChI=1S/C19H22BN/c1-21(2)14-13-18(16-9-5-3-6-10-16)15-19(18,20)17-11-7-4-8-12-17/h3-12H,13-15H2,1-2H3. The van der Waals surface area contributed by atoms with E-state index in [4.69, 9.17) is 7.85 Å². The zero-order valence-corrected chi connectivity index (χ0v) is 12.9. The normalized spacial score (nSPS) is 27.8. The van der Waals surface area contributed by atoms with Gasteiger partial charge in [-0.1, -0.05) is 60.7 Å². The minimum atomic E-state index is -0.231. The highest BCUT2D eigenvalue weighted by atomic mass is 15.1. The molecule has 0 bridgehead atoms. The second kappa shape index (κ2) is 5.34. The molecule has 0 amide bonds. The Balaban J connectivity index is 1.97. The number of nitrogens with zero attached hydrogens (tertiary/aromatic N) is 1. The molecule has 0 spiro atoms. The van der Waals surface area contributed by atoms with Gasteiger partial charge in [0.05, 0.1) is 7.85 Å². The van der Waals surface area contributed by atoms with Crippen molar-refractivity contribution in [1.82, 2.24) is 4.90 Å². The molecular formula is C19H22BN. The molecule has 21 heavy (non-hydrogen) atoms. The molecule has 1 fully saturated rings. The van der Waals surface area contributed by atoms with Crippen LogP contribution >= 0.6 is 0 Å². The fraction of sp³-hybridized carbons (Fsp3) is 0.368. The minimum absolute atomic E-state index is 0.0693. The molecule has 0 aromatic heterocycles. The Labute approximate surface area is 129 Å². The van der Waals surface area contributed by atoms with Crippen LogP contribution in [0.5, 0.6) is 0 Å². The molecule has 2 radical (unpaired) electrons. The van der Waals surface area contributed by atoms with Crippen LogP contribution in [0.2, 0.25) is 0 Å². The van der Waals surface area contributed by atoms with E-state index in [9.17, 15) is 0 Å². The van der Waals surface area contributed by atoms with Gasteiger partial charge in [-0.3, -0.25) is 0 Å². The maximum absolute atomic E-state index is 6.85. The van der Waals surface area contributed by atoms with Gasteiger partial charge in [-0.05, 0) is 55.3 Å². The molecule has 0 N–H and O–H groups in total. The maximum atomic E-state index is 6.85. The van der Waals surface area contributed by atoms with Gasteiger partial charge in [-0.25, -0.2) is 0 Å². The first-order valence-electron chi connectivity index (χ1n) is 7.63. The predicted molar refractivity (Wildman–Crippen MR) is 89.8 cm³/mol. The molecule has 1 nitrogen and oxygen atoms in total. The Morgan fingerprint density at radius 2 is 1.43 bits per heavy atom. The summed E-state index contributed by atoms with van der Waals surface area (Å²) in [6.07, 6.45) is 2.12. The first-order chi connectivity index (χ1) is 10.1. The molecule has 106 valence electrons. The first kappa shape index (κ1) is 14.4. The Morgan fingerprint density at radius 1 is 0.905 bits per heavy atom. The lowest BCUT2D eigenvalue weighted by Gasteiger charge is -2.26. The Bertz CT molecular complexity index is 595. The van der Waals surface area contributed by atoms with Crippen molar-refractivity contribution < 1.29 is 0 Å². The van der Waals surface area contributed by atoms with E-state index in [-0.39, 0.29) is 10.7 Å². The number of hydrogen-bond donors (Lipinski definition) is 0. The quantitative estimate of drug-likeness (QED) is 0.756. The second-order valence-electron chi connectivity index (χ2n) is 6.52. The maximum Gasteiger partial charge on any atom is 0.0823 e. The van der Waals surface area contributed by atoms with Crippen LogP contribution < -0.4 is 0 Å². The van der Waals surface area contributed by atoms with Gasteiger partial charge < -0.3 is 4.90 Å². The monoisotopic (exact) mass is 275 g/mol. The van der Waals surface area contributed by atoms with Crippen LogP contribution in [0.4, 0.5) is 0 Å². The summed E-state index contributed by atoms with van der Waals surface area (Å²) in [4.78, 5) is 2.24. The summed E-state index contributed by atoms with van der Waals surface area (Å²) in [7, 11) is 11.1. The lowest BCUT2D eigenvalue weighted by molar-refractivity contribution is 0.369. The zero-order valence-electron chi connectivity index (χ0n) is 12.9. The largest absolute Gasteiger partial charge is 0.309 e. The van der Waals surface area contributed by atoms with Gasteiger partial charge in [0.25, 0.3) is 0 Å². The van der Waals surface area contributed by atoms with Crippen LogP contribution in [-0.2, 0) is 10.7 Å². The first-order valence-corrected chi connectivity index (χ1v) is 7.63. The Kier molecular flexibility index (Phi) is 3.67. The molecule has 2 heteroatoms. The third kappa shape index (κ3) is 2.42. The highest BCUT2D eigenvalue weighted by Gasteiger charge is 2.64. The number of hydrogen-bond acceptors (Lipinski definition) is 1. The summed E-state index contributed by atoms with van der Waals surface area (Å²) in [5.74, 6) is 0. The SMILES string of the molecule is [B]C1(c2ccccc2)CC1(CCN(C)C)c1ccccc1. The van der Waals surface area contributed by atoms with E-state index in [0.29, 0.717) is 0 Å². The second-order valence-corrected chi connectivity index (χ2v) is 6.52. The van der Waals surface area contributed by atoms with Crippen LogP contribution in [0.3, 0.4) is 0 Å². The van der Waals surface area contributed by atoms with E-state index < -0.39 is 0 Å². The van der Waals surface area contributed by atoms with E-state index in [1.807, 2.05) is 0 Å². The van der Waals surface area contributed by atoms with Crippen molar-refractivity contribution in [2.75, 3.05) is 20.6 Å². The van der Waals surface area contributed by atoms with Crippen LogP contribution in [0, 0.1) is 0 Å². The summed E-state index contributed by atoms with van der Waals surface area (Å²) in [6, 6.07) is 21.3. The summed E-state index contributed by atoms with van der Waals surface area (Å²) in [5.41, 5.74) is 2.70. The van der Waals surface area contributed by atoms with Gasteiger partial charge in [-0.15, -0.1) is 0 Å². The molecule has 3 rings (SSSR count). The fourth-order valence-electron chi connectivity index (χ4n) is 3.53. The summed E-state index contributed by atoms with van der Waals surface area (Å²) in [5, 5.41) is -0.231. The minimum Gasteiger partial charge on any atom is -0.309 e. The zero-order chi connectivity index (χ0) is 14.9. The van der Waals surface area contributed by atoms with Crippen molar-refractivity contribution in [1.29, 1.82) is 0 Å². The lowest BCUT2D eigenvalue weighted by Crippen LogP contribution is -2.27. The Morgan fingerprint density at radius 3 is 1.95 bits per heavy atom. The molecule has 0 aliphatic heterocycles. The third-order valence-corrected chi connectivity index (χ3v) is 4.91. The topological polar surface area (TPSA) is 3.24 Å². The molecule has 1 aliphatic rings. The molecule has 2 unspecified atom stereocenters. The van der Waals surface area contributed by atoms with Gasteiger partial charge in [0.15, 0.2) is 0 Å². The predicted octanol–water partition coefficient (Wildman–Crippen LogP) is 3.34. The summed E-state index contributed by atoms with van der Waals surface area (Å²) >= 11 is 0. The van der Waals surface area contributed by atoms with Crippen molar-refractivity contribution in [3.8, 4) is 0 Å². The van der Waals surface area contributed by atoms with Crippen molar-refractivity contribution in [3.63, 3.8) is 0 Å². The summed E-state index contributed by atoms with van der Waals surface area (Å²) in [6.45, 7) is 1.06. The molecule has 2 aromatic carbocycles. The van der Waals surface area contributed by atoms with Crippen molar-refractivity contribution in [2.24, 2.45) is 0 Å². The van der Waals surface area contributed by atoms with Gasteiger partial charge in [-0.2, -0.15) is 0 Å². The Hall–Kier alpha value is -1.54. The average Bonchev–Trinajstić information content (AvgIpc) is 3.15.